The molecule has 0 atom stereocenters. The zero-order valence-electron chi connectivity index (χ0n) is 16.2. The molecule has 2 aromatic rings. The van der Waals surface area contributed by atoms with E-state index in [1.165, 1.54) is 31.4 Å². The number of hydrogen-bond donors (Lipinski definition) is 1. The molecule has 0 bridgehead atoms. The number of hydrogen-bond acceptors (Lipinski definition) is 7. The zero-order valence-corrected chi connectivity index (χ0v) is 17.0. The molecule has 2 amide bonds. The molecule has 30 heavy (non-hydrogen) atoms. The predicted molar refractivity (Wildman–Crippen MR) is 108 cm³/mol. The molecule has 1 N–H and O–H groups in total. The van der Waals surface area contributed by atoms with Gasteiger partial charge in [0, 0.05) is 18.9 Å². The van der Waals surface area contributed by atoms with E-state index in [0.717, 1.165) is 4.90 Å². The van der Waals surface area contributed by atoms with Gasteiger partial charge in [0.2, 0.25) is 11.8 Å². The number of amides is 2. The first-order valence-corrected chi connectivity index (χ1v) is 10.8. The molecular formula is C20H20N2O7S. The van der Waals surface area contributed by atoms with Gasteiger partial charge in [-0.3, -0.25) is 19.2 Å². The third-order valence-corrected chi connectivity index (χ3v) is 6.17. The summed E-state index contributed by atoms with van der Waals surface area (Å²) in [4.78, 5) is 25.3. The van der Waals surface area contributed by atoms with Gasteiger partial charge in [-0.2, -0.15) is 0 Å². The van der Waals surface area contributed by atoms with Gasteiger partial charge in [0.1, 0.15) is 23.9 Å². The second-order valence-corrected chi connectivity index (χ2v) is 8.43. The van der Waals surface area contributed by atoms with E-state index < -0.39 is 10.0 Å². The number of fused-ring (bicyclic) bond motifs is 1. The largest absolute Gasteiger partial charge is 0.495 e. The summed E-state index contributed by atoms with van der Waals surface area (Å²) in [6.07, 6.45) is 0.950. The van der Waals surface area contributed by atoms with Crippen molar-refractivity contribution in [2.75, 3.05) is 29.9 Å². The summed E-state index contributed by atoms with van der Waals surface area (Å²) < 4.78 is 44.8. The number of carbonyl (C=O) groups is 2. The monoisotopic (exact) mass is 432 g/mol. The van der Waals surface area contributed by atoms with Crippen LogP contribution >= 0.6 is 0 Å². The lowest BCUT2D eigenvalue weighted by atomic mass is 10.1. The molecule has 4 rings (SSSR count). The summed E-state index contributed by atoms with van der Waals surface area (Å²) in [6.45, 7) is 0.799. The average molecular weight is 432 g/mol. The quantitative estimate of drug-likeness (QED) is 0.722. The molecule has 158 valence electrons. The Morgan fingerprint density at radius 3 is 2.37 bits per heavy atom. The summed E-state index contributed by atoms with van der Waals surface area (Å²) in [7, 11) is -2.76. The number of ether oxygens (including phenoxy) is 3. The van der Waals surface area contributed by atoms with Crippen molar-refractivity contribution < 1.29 is 32.2 Å². The summed E-state index contributed by atoms with van der Waals surface area (Å²) >= 11 is 0. The van der Waals surface area contributed by atoms with E-state index in [1.54, 1.807) is 12.1 Å². The average Bonchev–Trinajstić information content (AvgIpc) is 2.73. The molecule has 1 fully saturated rings. The molecule has 0 aliphatic carbocycles. The van der Waals surface area contributed by atoms with Crippen LogP contribution in [0, 0.1) is 0 Å². The van der Waals surface area contributed by atoms with E-state index in [-0.39, 0.29) is 46.7 Å². The van der Waals surface area contributed by atoms with Crippen molar-refractivity contribution in [1.82, 2.24) is 0 Å². The second kappa shape index (κ2) is 7.86. The molecule has 0 aromatic heterocycles. The van der Waals surface area contributed by atoms with Crippen molar-refractivity contribution in [3.63, 3.8) is 0 Å². The van der Waals surface area contributed by atoms with Crippen LogP contribution in [0.3, 0.4) is 0 Å². The molecule has 9 nitrogen and oxygen atoms in total. The fraction of sp³-hybridized carbons (Fsp3) is 0.300. The van der Waals surface area contributed by atoms with Gasteiger partial charge in [0.05, 0.1) is 18.5 Å². The van der Waals surface area contributed by atoms with Crippen molar-refractivity contribution in [3.05, 3.63) is 36.4 Å². The van der Waals surface area contributed by atoms with Gasteiger partial charge in [0.25, 0.3) is 10.0 Å². The minimum absolute atomic E-state index is 0.0840. The van der Waals surface area contributed by atoms with E-state index >= 15 is 0 Å². The highest BCUT2D eigenvalue weighted by molar-refractivity contribution is 7.92. The first-order chi connectivity index (χ1) is 14.4. The number of nitrogens with one attached hydrogen (secondary N) is 1. The first-order valence-electron chi connectivity index (χ1n) is 9.35. The van der Waals surface area contributed by atoms with Crippen molar-refractivity contribution in [3.8, 4) is 17.2 Å². The Balaban J connectivity index is 1.69. The molecule has 1 saturated heterocycles. The maximum atomic E-state index is 13.1. The number of piperidine rings is 1. The number of rotatable bonds is 5. The molecule has 2 aliphatic rings. The van der Waals surface area contributed by atoms with Crippen LogP contribution in [-0.4, -0.2) is 40.6 Å². The number of carbonyl (C=O) groups excluding carboxylic acids is 2. The van der Waals surface area contributed by atoms with Crippen LogP contribution in [0.4, 0.5) is 11.4 Å². The van der Waals surface area contributed by atoms with Crippen molar-refractivity contribution >= 4 is 33.2 Å². The molecule has 0 unspecified atom stereocenters. The smallest absolute Gasteiger partial charge is 0.265 e. The Labute approximate surface area is 173 Å². The second-order valence-electron chi connectivity index (χ2n) is 6.78. The fourth-order valence-electron chi connectivity index (χ4n) is 3.37. The molecule has 2 aromatic carbocycles. The fourth-order valence-corrected chi connectivity index (χ4v) is 4.61. The van der Waals surface area contributed by atoms with Gasteiger partial charge in [-0.1, -0.05) is 0 Å². The van der Waals surface area contributed by atoms with E-state index in [2.05, 4.69) is 4.72 Å². The number of benzene rings is 2. The highest BCUT2D eigenvalue weighted by Crippen LogP contribution is 2.35. The van der Waals surface area contributed by atoms with Crippen molar-refractivity contribution in [2.45, 2.75) is 24.2 Å². The van der Waals surface area contributed by atoms with E-state index in [4.69, 9.17) is 14.2 Å². The Bertz CT molecular complexity index is 1100. The predicted octanol–water partition coefficient (Wildman–Crippen LogP) is 2.31. The highest BCUT2D eigenvalue weighted by atomic mass is 32.2. The lowest BCUT2D eigenvalue weighted by molar-refractivity contribution is -0.129. The summed E-state index contributed by atoms with van der Waals surface area (Å²) in [5.74, 6) is 0.331. The van der Waals surface area contributed by atoms with Gasteiger partial charge in [-0.05, 0) is 36.8 Å². The SMILES string of the molecule is COc1ccc(N2C(=O)CCCC2=O)cc1S(=O)(=O)Nc1ccc2c(c1)OCCO2. The van der Waals surface area contributed by atoms with E-state index in [9.17, 15) is 18.0 Å². The molecule has 0 radical (unpaired) electrons. The topological polar surface area (TPSA) is 111 Å². The Morgan fingerprint density at radius 2 is 1.67 bits per heavy atom. The number of methoxy groups -OCH3 is 1. The van der Waals surface area contributed by atoms with E-state index in [0.29, 0.717) is 31.1 Å². The van der Waals surface area contributed by atoms with Gasteiger partial charge in [0.15, 0.2) is 11.5 Å². The lowest BCUT2D eigenvalue weighted by Gasteiger charge is -2.25. The summed E-state index contributed by atoms with van der Waals surface area (Å²) in [6, 6.07) is 8.87. The lowest BCUT2D eigenvalue weighted by Crippen LogP contribution is -2.40. The zero-order chi connectivity index (χ0) is 21.3. The van der Waals surface area contributed by atoms with Gasteiger partial charge < -0.3 is 14.2 Å². The third kappa shape index (κ3) is 3.78. The number of anilines is 2. The van der Waals surface area contributed by atoms with Crippen LogP contribution in [0.2, 0.25) is 0 Å². The normalized spacial score (nSPS) is 16.4. The van der Waals surface area contributed by atoms with Crippen LogP contribution in [-0.2, 0) is 19.6 Å². The Morgan fingerprint density at radius 1 is 0.967 bits per heavy atom. The molecule has 2 aliphatic heterocycles. The van der Waals surface area contributed by atoms with Crippen LogP contribution < -0.4 is 23.8 Å². The minimum Gasteiger partial charge on any atom is -0.495 e. The van der Waals surface area contributed by atoms with E-state index in [1.807, 2.05) is 0 Å². The van der Waals surface area contributed by atoms with Crippen molar-refractivity contribution in [2.24, 2.45) is 0 Å². The molecule has 10 heteroatoms. The van der Waals surface area contributed by atoms with Crippen molar-refractivity contribution in [1.29, 1.82) is 0 Å². The molecule has 0 saturated carbocycles. The maximum Gasteiger partial charge on any atom is 0.265 e. The van der Waals surface area contributed by atoms with Crippen LogP contribution in [0.5, 0.6) is 17.2 Å². The van der Waals surface area contributed by atoms with Crippen LogP contribution in [0.1, 0.15) is 19.3 Å². The number of imide groups is 1. The summed E-state index contributed by atoms with van der Waals surface area (Å²) in [5.41, 5.74) is 0.463. The highest BCUT2D eigenvalue weighted by Gasteiger charge is 2.30. The first kappa shape index (κ1) is 20.0. The Hall–Kier alpha value is -3.27. The maximum absolute atomic E-state index is 13.1. The summed E-state index contributed by atoms with van der Waals surface area (Å²) in [5, 5.41) is 0. The standard InChI is InChI=1S/C20H20N2O7S/c1-27-16-8-6-14(22-19(23)3-2-4-20(22)24)12-18(16)30(25,26)21-13-5-7-15-17(11-13)29-10-9-28-15/h5-8,11-12,21H,2-4,9-10H2,1H3. The number of nitrogens with zero attached hydrogens (tertiary/aromatic N) is 1. The molecule has 2 heterocycles. The van der Waals surface area contributed by atoms with Crippen LogP contribution in [0.15, 0.2) is 41.3 Å². The van der Waals surface area contributed by atoms with Crippen LogP contribution in [0.25, 0.3) is 0 Å². The van der Waals surface area contributed by atoms with Gasteiger partial charge in [-0.25, -0.2) is 8.42 Å². The number of sulfonamides is 1. The van der Waals surface area contributed by atoms with Gasteiger partial charge >= 0.3 is 0 Å². The third-order valence-electron chi connectivity index (χ3n) is 4.77. The minimum atomic E-state index is -4.10. The molecular weight excluding hydrogens is 412 g/mol. The van der Waals surface area contributed by atoms with Gasteiger partial charge in [-0.15, -0.1) is 0 Å². The Kier molecular flexibility index (Phi) is 5.25. The molecule has 0 spiro atoms.